The predicted octanol–water partition coefficient (Wildman–Crippen LogP) is 2.13. The molecule has 17 heavy (non-hydrogen) atoms. The van der Waals surface area contributed by atoms with E-state index in [2.05, 4.69) is 10.6 Å². The lowest BCUT2D eigenvalue weighted by atomic mass is 10.1. The smallest absolute Gasteiger partial charge is 0.251 e. The summed E-state index contributed by atoms with van der Waals surface area (Å²) in [5.41, 5.74) is 1.62. The Labute approximate surface area is 107 Å². The lowest BCUT2D eigenvalue weighted by Crippen LogP contribution is -2.45. The molecule has 0 saturated carbocycles. The predicted molar refractivity (Wildman–Crippen MR) is 69.5 cm³/mol. The summed E-state index contributed by atoms with van der Waals surface area (Å²) in [7, 11) is 0. The van der Waals surface area contributed by atoms with Gasteiger partial charge in [-0.3, -0.25) is 4.79 Å². The normalized spacial score (nSPS) is 20.0. The molecule has 1 aromatic carbocycles. The van der Waals surface area contributed by atoms with Crippen molar-refractivity contribution in [2.45, 2.75) is 25.8 Å². The van der Waals surface area contributed by atoms with Crippen LogP contribution in [0.1, 0.15) is 28.8 Å². The van der Waals surface area contributed by atoms with E-state index >= 15 is 0 Å². The lowest BCUT2D eigenvalue weighted by Gasteiger charge is -2.24. The zero-order valence-electron chi connectivity index (χ0n) is 9.92. The molecule has 1 saturated heterocycles. The third kappa shape index (κ3) is 3.20. The average Bonchev–Trinajstić information content (AvgIpc) is 2.30. The summed E-state index contributed by atoms with van der Waals surface area (Å²) in [5.74, 6) is -0.00660. The zero-order chi connectivity index (χ0) is 12.3. The van der Waals surface area contributed by atoms with Crippen LogP contribution in [0, 0.1) is 6.92 Å². The van der Waals surface area contributed by atoms with Gasteiger partial charge in [0.2, 0.25) is 0 Å². The number of carbonyl (C=O) groups is 1. The van der Waals surface area contributed by atoms with Crippen LogP contribution in [0.25, 0.3) is 0 Å². The SMILES string of the molecule is Cc1cc(Cl)ccc1C(=O)N[C@H]1CCCNC1. The molecule has 1 fully saturated rings. The number of halogens is 1. The fraction of sp³-hybridized carbons (Fsp3) is 0.462. The first kappa shape index (κ1) is 12.4. The summed E-state index contributed by atoms with van der Waals surface area (Å²) in [5, 5.41) is 7.00. The lowest BCUT2D eigenvalue weighted by molar-refractivity contribution is 0.0930. The van der Waals surface area contributed by atoms with Gasteiger partial charge in [-0.2, -0.15) is 0 Å². The van der Waals surface area contributed by atoms with Crippen molar-refractivity contribution in [1.82, 2.24) is 10.6 Å². The minimum Gasteiger partial charge on any atom is -0.348 e. The van der Waals surface area contributed by atoms with Gasteiger partial charge >= 0.3 is 0 Å². The highest BCUT2D eigenvalue weighted by molar-refractivity contribution is 6.30. The largest absolute Gasteiger partial charge is 0.348 e. The van der Waals surface area contributed by atoms with Crippen molar-refractivity contribution in [1.29, 1.82) is 0 Å². The Balaban J connectivity index is 2.03. The number of benzene rings is 1. The Morgan fingerprint density at radius 2 is 2.35 bits per heavy atom. The van der Waals surface area contributed by atoms with Crippen LogP contribution in [0.3, 0.4) is 0 Å². The summed E-state index contributed by atoms with van der Waals surface area (Å²) in [6.07, 6.45) is 2.16. The van der Waals surface area contributed by atoms with Gasteiger partial charge in [0.25, 0.3) is 5.91 Å². The number of carbonyl (C=O) groups excluding carboxylic acids is 1. The molecule has 3 nitrogen and oxygen atoms in total. The van der Waals surface area contributed by atoms with E-state index in [1.165, 1.54) is 0 Å². The highest BCUT2D eigenvalue weighted by Gasteiger charge is 2.17. The maximum absolute atomic E-state index is 12.1. The van der Waals surface area contributed by atoms with Gasteiger partial charge in [-0.25, -0.2) is 0 Å². The Morgan fingerprint density at radius 1 is 1.53 bits per heavy atom. The third-order valence-corrected chi connectivity index (χ3v) is 3.30. The van der Waals surface area contributed by atoms with Crippen molar-refractivity contribution in [2.24, 2.45) is 0 Å². The number of hydrogen-bond acceptors (Lipinski definition) is 2. The molecule has 2 N–H and O–H groups in total. The summed E-state index contributed by atoms with van der Waals surface area (Å²) < 4.78 is 0. The monoisotopic (exact) mass is 252 g/mol. The zero-order valence-corrected chi connectivity index (χ0v) is 10.7. The van der Waals surface area contributed by atoms with E-state index in [9.17, 15) is 4.79 Å². The molecule has 1 heterocycles. The molecule has 0 spiro atoms. The van der Waals surface area contributed by atoms with E-state index in [-0.39, 0.29) is 11.9 Å². The number of rotatable bonds is 2. The molecule has 2 rings (SSSR count). The third-order valence-electron chi connectivity index (χ3n) is 3.07. The number of piperidine rings is 1. The molecule has 0 aliphatic carbocycles. The van der Waals surface area contributed by atoms with Crippen molar-refractivity contribution in [2.75, 3.05) is 13.1 Å². The highest BCUT2D eigenvalue weighted by Crippen LogP contribution is 2.15. The van der Waals surface area contributed by atoms with Crippen LogP contribution < -0.4 is 10.6 Å². The average molecular weight is 253 g/mol. The second-order valence-electron chi connectivity index (χ2n) is 4.48. The van der Waals surface area contributed by atoms with Crippen LogP contribution in [0.2, 0.25) is 5.02 Å². The molecule has 1 aliphatic heterocycles. The first-order valence-electron chi connectivity index (χ1n) is 5.94. The minimum atomic E-state index is -0.00660. The first-order valence-corrected chi connectivity index (χ1v) is 6.32. The van der Waals surface area contributed by atoms with E-state index in [0.717, 1.165) is 31.5 Å². The molecule has 1 aliphatic rings. The highest BCUT2D eigenvalue weighted by atomic mass is 35.5. The van der Waals surface area contributed by atoms with Crippen molar-refractivity contribution >= 4 is 17.5 Å². The number of amides is 1. The van der Waals surface area contributed by atoms with E-state index < -0.39 is 0 Å². The van der Waals surface area contributed by atoms with Crippen molar-refractivity contribution in [3.63, 3.8) is 0 Å². The van der Waals surface area contributed by atoms with Crippen LogP contribution in [0.4, 0.5) is 0 Å². The van der Waals surface area contributed by atoms with Crippen LogP contribution in [-0.2, 0) is 0 Å². The Hall–Kier alpha value is -1.06. The summed E-state index contributed by atoms with van der Waals surface area (Å²) in [4.78, 5) is 12.1. The van der Waals surface area contributed by atoms with Crippen LogP contribution in [0.5, 0.6) is 0 Å². The number of hydrogen-bond donors (Lipinski definition) is 2. The van der Waals surface area contributed by atoms with Gasteiger partial charge in [0.05, 0.1) is 0 Å². The van der Waals surface area contributed by atoms with E-state index in [1.54, 1.807) is 12.1 Å². The van der Waals surface area contributed by atoms with Gasteiger partial charge in [0.1, 0.15) is 0 Å². The molecule has 1 amide bonds. The maximum atomic E-state index is 12.1. The van der Waals surface area contributed by atoms with Crippen molar-refractivity contribution in [3.05, 3.63) is 34.3 Å². The quantitative estimate of drug-likeness (QED) is 0.847. The fourth-order valence-electron chi connectivity index (χ4n) is 2.12. The van der Waals surface area contributed by atoms with Gasteiger partial charge in [0, 0.05) is 23.2 Å². The van der Waals surface area contributed by atoms with E-state index in [1.807, 2.05) is 13.0 Å². The van der Waals surface area contributed by atoms with Crippen LogP contribution in [-0.4, -0.2) is 25.0 Å². The van der Waals surface area contributed by atoms with E-state index in [0.29, 0.717) is 10.6 Å². The Bertz CT molecular complexity index is 414. The standard InChI is InChI=1S/C13H17ClN2O/c1-9-7-10(14)4-5-12(9)13(17)16-11-3-2-6-15-8-11/h4-5,7,11,15H,2-3,6,8H2,1H3,(H,16,17)/t11-/m0/s1. The second kappa shape index (κ2) is 5.52. The van der Waals surface area contributed by atoms with Crippen molar-refractivity contribution in [3.8, 4) is 0 Å². The molecular weight excluding hydrogens is 236 g/mol. The second-order valence-corrected chi connectivity index (χ2v) is 4.91. The minimum absolute atomic E-state index is 0.00660. The Morgan fingerprint density at radius 3 is 3.00 bits per heavy atom. The molecule has 1 atom stereocenters. The summed E-state index contributed by atoms with van der Waals surface area (Å²) in [6.45, 7) is 3.81. The summed E-state index contributed by atoms with van der Waals surface area (Å²) in [6, 6.07) is 5.59. The molecule has 1 aromatic rings. The van der Waals surface area contributed by atoms with Gasteiger partial charge in [-0.1, -0.05) is 11.6 Å². The molecule has 92 valence electrons. The molecule has 4 heteroatoms. The molecular formula is C13H17ClN2O. The van der Waals surface area contributed by atoms with Crippen LogP contribution in [0.15, 0.2) is 18.2 Å². The topological polar surface area (TPSA) is 41.1 Å². The molecule has 0 radical (unpaired) electrons. The molecule has 0 unspecified atom stereocenters. The fourth-order valence-corrected chi connectivity index (χ4v) is 2.35. The summed E-state index contributed by atoms with van der Waals surface area (Å²) >= 11 is 5.87. The molecule has 0 bridgehead atoms. The van der Waals surface area contributed by atoms with Crippen LogP contribution >= 0.6 is 11.6 Å². The number of nitrogens with one attached hydrogen (secondary N) is 2. The molecule has 0 aromatic heterocycles. The van der Waals surface area contributed by atoms with Gasteiger partial charge < -0.3 is 10.6 Å². The van der Waals surface area contributed by atoms with Crippen molar-refractivity contribution < 1.29 is 4.79 Å². The number of aryl methyl sites for hydroxylation is 1. The first-order chi connectivity index (χ1) is 8.16. The van der Waals surface area contributed by atoms with Gasteiger partial charge in [0.15, 0.2) is 0 Å². The maximum Gasteiger partial charge on any atom is 0.251 e. The Kier molecular flexibility index (Phi) is 4.02. The van der Waals surface area contributed by atoms with E-state index in [4.69, 9.17) is 11.6 Å². The van der Waals surface area contributed by atoms with Gasteiger partial charge in [-0.15, -0.1) is 0 Å². The van der Waals surface area contributed by atoms with Gasteiger partial charge in [-0.05, 0) is 50.1 Å².